The maximum atomic E-state index is 10.7. The normalized spacial score (nSPS) is 10.6. The standard InChI is InChI=1S/C14H15NO3/c1-9-7-8-15-14-11(18-2)5-3-10(13(9)14)4-6-12(16)17/h3,5,7-8H,4,6H2,1-2H3,(H,16,17). The smallest absolute Gasteiger partial charge is 0.303 e. The minimum absolute atomic E-state index is 0.121. The summed E-state index contributed by atoms with van der Waals surface area (Å²) in [6.45, 7) is 1.99. The van der Waals surface area contributed by atoms with E-state index in [0.717, 1.165) is 22.0 Å². The number of carboxylic acid groups (broad SMARTS) is 1. The summed E-state index contributed by atoms with van der Waals surface area (Å²) in [4.78, 5) is 15.0. The fourth-order valence-corrected chi connectivity index (χ4v) is 2.10. The largest absolute Gasteiger partial charge is 0.494 e. The minimum Gasteiger partial charge on any atom is -0.494 e. The fraction of sp³-hybridized carbons (Fsp3) is 0.286. The molecule has 0 aliphatic rings. The van der Waals surface area contributed by atoms with Crippen molar-refractivity contribution in [1.29, 1.82) is 0 Å². The topological polar surface area (TPSA) is 59.4 Å². The molecule has 0 amide bonds. The summed E-state index contributed by atoms with van der Waals surface area (Å²) < 4.78 is 5.28. The van der Waals surface area contributed by atoms with E-state index in [-0.39, 0.29) is 6.42 Å². The van der Waals surface area contributed by atoms with Crippen LogP contribution in [0.5, 0.6) is 5.75 Å². The highest BCUT2D eigenvalue weighted by Gasteiger charge is 2.10. The van der Waals surface area contributed by atoms with Gasteiger partial charge in [-0.05, 0) is 36.6 Å². The molecule has 2 aromatic rings. The lowest BCUT2D eigenvalue weighted by molar-refractivity contribution is -0.136. The molecule has 0 saturated carbocycles. The zero-order valence-corrected chi connectivity index (χ0v) is 10.4. The minimum atomic E-state index is -0.791. The Bertz CT molecular complexity index is 593. The number of aliphatic carboxylic acids is 1. The van der Waals surface area contributed by atoms with Gasteiger partial charge in [0, 0.05) is 18.0 Å². The molecule has 0 fully saturated rings. The summed E-state index contributed by atoms with van der Waals surface area (Å²) in [6.07, 6.45) is 2.36. The highest BCUT2D eigenvalue weighted by Crippen LogP contribution is 2.29. The first-order valence-electron chi connectivity index (χ1n) is 5.76. The summed E-state index contributed by atoms with van der Waals surface area (Å²) >= 11 is 0. The average Bonchev–Trinajstić information content (AvgIpc) is 2.36. The first-order chi connectivity index (χ1) is 8.63. The summed E-state index contributed by atoms with van der Waals surface area (Å²) in [6, 6.07) is 5.68. The van der Waals surface area contributed by atoms with Gasteiger partial charge < -0.3 is 9.84 Å². The third kappa shape index (κ3) is 2.27. The molecule has 0 aliphatic carbocycles. The molecule has 1 aromatic carbocycles. The number of carbonyl (C=O) groups is 1. The van der Waals surface area contributed by atoms with Crippen LogP contribution in [-0.4, -0.2) is 23.2 Å². The van der Waals surface area contributed by atoms with Gasteiger partial charge in [0.25, 0.3) is 0 Å². The van der Waals surface area contributed by atoms with Crippen molar-refractivity contribution in [3.63, 3.8) is 0 Å². The number of hydrogen-bond acceptors (Lipinski definition) is 3. The molecule has 1 aromatic heterocycles. The zero-order valence-electron chi connectivity index (χ0n) is 10.4. The summed E-state index contributed by atoms with van der Waals surface area (Å²) in [7, 11) is 1.61. The van der Waals surface area contributed by atoms with Crippen molar-refractivity contribution in [2.24, 2.45) is 0 Å². The number of hydrogen-bond donors (Lipinski definition) is 1. The van der Waals surface area contributed by atoms with Gasteiger partial charge in [-0.15, -0.1) is 0 Å². The van der Waals surface area contributed by atoms with Crippen LogP contribution in [0.2, 0.25) is 0 Å². The van der Waals surface area contributed by atoms with Gasteiger partial charge in [0.1, 0.15) is 11.3 Å². The van der Waals surface area contributed by atoms with Gasteiger partial charge in [-0.3, -0.25) is 9.78 Å². The molecule has 1 heterocycles. The molecule has 1 N–H and O–H groups in total. The summed E-state index contributed by atoms with van der Waals surface area (Å²) in [5.41, 5.74) is 2.87. The number of rotatable bonds is 4. The van der Waals surface area contributed by atoms with E-state index in [1.54, 1.807) is 13.3 Å². The number of carboxylic acids is 1. The van der Waals surface area contributed by atoms with E-state index < -0.39 is 5.97 Å². The molecule has 0 spiro atoms. The van der Waals surface area contributed by atoms with Gasteiger partial charge in [0.05, 0.1) is 7.11 Å². The number of aromatic nitrogens is 1. The van der Waals surface area contributed by atoms with Crippen LogP contribution in [0.25, 0.3) is 10.9 Å². The van der Waals surface area contributed by atoms with Crippen LogP contribution in [0.3, 0.4) is 0 Å². The first-order valence-corrected chi connectivity index (χ1v) is 5.76. The summed E-state index contributed by atoms with van der Waals surface area (Å²) in [5, 5.41) is 9.77. The Hall–Kier alpha value is -2.10. The van der Waals surface area contributed by atoms with E-state index in [0.29, 0.717) is 12.2 Å². The quantitative estimate of drug-likeness (QED) is 0.899. The molecule has 4 nitrogen and oxygen atoms in total. The Morgan fingerprint density at radius 2 is 2.17 bits per heavy atom. The van der Waals surface area contributed by atoms with Gasteiger partial charge in [-0.25, -0.2) is 0 Å². The van der Waals surface area contributed by atoms with Crippen LogP contribution in [0.15, 0.2) is 24.4 Å². The fourth-order valence-electron chi connectivity index (χ4n) is 2.10. The van der Waals surface area contributed by atoms with Crippen LogP contribution in [0.1, 0.15) is 17.5 Å². The third-order valence-electron chi connectivity index (χ3n) is 2.98. The lowest BCUT2D eigenvalue weighted by atomic mass is 10.00. The second kappa shape index (κ2) is 5.04. The van der Waals surface area contributed by atoms with E-state index in [1.165, 1.54) is 0 Å². The number of ether oxygens (including phenoxy) is 1. The zero-order chi connectivity index (χ0) is 13.1. The van der Waals surface area contributed by atoms with Crippen molar-refractivity contribution in [3.8, 4) is 5.75 Å². The molecule has 0 atom stereocenters. The third-order valence-corrected chi connectivity index (χ3v) is 2.98. The number of fused-ring (bicyclic) bond motifs is 1. The Labute approximate surface area is 105 Å². The highest BCUT2D eigenvalue weighted by atomic mass is 16.5. The molecular formula is C14H15NO3. The SMILES string of the molecule is COc1ccc(CCC(=O)O)c2c(C)ccnc12. The van der Waals surface area contributed by atoms with Gasteiger partial charge >= 0.3 is 5.97 Å². The molecular weight excluding hydrogens is 230 g/mol. The molecule has 94 valence electrons. The van der Waals surface area contributed by atoms with E-state index in [1.807, 2.05) is 25.1 Å². The second-order valence-electron chi connectivity index (χ2n) is 4.17. The van der Waals surface area contributed by atoms with Crippen LogP contribution >= 0.6 is 0 Å². The van der Waals surface area contributed by atoms with Crippen LogP contribution < -0.4 is 4.74 Å². The lowest BCUT2D eigenvalue weighted by Crippen LogP contribution is -2.00. The Balaban J connectivity index is 2.57. The van der Waals surface area contributed by atoms with Crippen LogP contribution in [0, 0.1) is 6.92 Å². The number of nitrogens with zero attached hydrogens (tertiary/aromatic N) is 1. The van der Waals surface area contributed by atoms with Gasteiger partial charge in [0.2, 0.25) is 0 Å². The van der Waals surface area contributed by atoms with E-state index in [9.17, 15) is 4.79 Å². The maximum absolute atomic E-state index is 10.7. The number of pyridine rings is 1. The van der Waals surface area contributed by atoms with E-state index >= 15 is 0 Å². The predicted octanol–water partition coefficient (Wildman–Crippen LogP) is 2.57. The van der Waals surface area contributed by atoms with Crippen molar-refractivity contribution in [1.82, 2.24) is 4.98 Å². The molecule has 18 heavy (non-hydrogen) atoms. The molecule has 0 unspecified atom stereocenters. The van der Waals surface area contributed by atoms with E-state index in [4.69, 9.17) is 9.84 Å². The molecule has 0 saturated heterocycles. The first kappa shape index (κ1) is 12.4. The average molecular weight is 245 g/mol. The van der Waals surface area contributed by atoms with Crippen LogP contribution in [-0.2, 0) is 11.2 Å². The number of methoxy groups -OCH3 is 1. The highest BCUT2D eigenvalue weighted by molar-refractivity contribution is 5.90. The van der Waals surface area contributed by atoms with Crippen LogP contribution in [0.4, 0.5) is 0 Å². The maximum Gasteiger partial charge on any atom is 0.303 e. The number of aryl methyl sites for hydroxylation is 2. The second-order valence-corrected chi connectivity index (χ2v) is 4.17. The van der Waals surface area contributed by atoms with E-state index in [2.05, 4.69) is 4.98 Å². The molecule has 2 rings (SSSR count). The lowest BCUT2D eigenvalue weighted by Gasteiger charge is -2.11. The van der Waals surface area contributed by atoms with Crippen molar-refractivity contribution in [2.75, 3.05) is 7.11 Å². The van der Waals surface area contributed by atoms with Crippen molar-refractivity contribution in [3.05, 3.63) is 35.5 Å². The summed E-state index contributed by atoms with van der Waals surface area (Å²) in [5.74, 6) is -0.0757. The van der Waals surface area contributed by atoms with Gasteiger partial charge in [-0.2, -0.15) is 0 Å². The molecule has 4 heteroatoms. The Morgan fingerprint density at radius 1 is 1.39 bits per heavy atom. The van der Waals surface area contributed by atoms with Crippen molar-refractivity contribution >= 4 is 16.9 Å². The Morgan fingerprint density at radius 3 is 2.83 bits per heavy atom. The monoisotopic (exact) mass is 245 g/mol. The van der Waals surface area contributed by atoms with Gasteiger partial charge in [0.15, 0.2) is 0 Å². The van der Waals surface area contributed by atoms with Crippen molar-refractivity contribution < 1.29 is 14.6 Å². The van der Waals surface area contributed by atoms with Crippen molar-refractivity contribution in [2.45, 2.75) is 19.8 Å². The molecule has 0 aliphatic heterocycles. The number of benzene rings is 1. The molecule has 0 radical (unpaired) electrons. The molecule has 0 bridgehead atoms. The predicted molar refractivity (Wildman–Crippen MR) is 69.0 cm³/mol. The van der Waals surface area contributed by atoms with Gasteiger partial charge in [-0.1, -0.05) is 6.07 Å². The Kier molecular flexibility index (Phi) is 3.46.